The second-order valence-corrected chi connectivity index (χ2v) is 3.60. The molecule has 0 saturated carbocycles. The number of rotatable bonds is 2. The van der Waals surface area contributed by atoms with E-state index in [9.17, 15) is 4.79 Å². The molecule has 0 aliphatic carbocycles. The number of nitrogens with zero attached hydrogens (tertiary/aromatic N) is 2. The SMILES string of the molecule is Cn1ccc(OC(=O)c2ccccc2Cl)n1. The molecular weight excluding hydrogens is 228 g/mol. The van der Waals surface area contributed by atoms with Gasteiger partial charge in [0, 0.05) is 19.3 Å². The molecule has 4 nitrogen and oxygen atoms in total. The summed E-state index contributed by atoms with van der Waals surface area (Å²) in [5, 5.41) is 4.30. The van der Waals surface area contributed by atoms with Gasteiger partial charge in [-0.1, -0.05) is 23.7 Å². The van der Waals surface area contributed by atoms with Crippen molar-refractivity contribution in [3.8, 4) is 5.88 Å². The molecule has 1 heterocycles. The van der Waals surface area contributed by atoms with E-state index in [4.69, 9.17) is 16.3 Å². The van der Waals surface area contributed by atoms with Crippen molar-refractivity contribution >= 4 is 17.6 Å². The van der Waals surface area contributed by atoms with E-state index >= 15 is 0 Å². The Hall–Kier alpha value is -1.81. The molecule has 0 aliphatic rings. The fourth-order valence-electron chi connectivity index (χ4n) is 1.22. The maximum absolute atomic E-state index is 11.7. The summed E-state index contributed by atoms with van der Waals surface area (Å²) < 4.78 is 6.60. The van der Waals surface area contributed by atoms with Gasteiger partial charge < -0.3 is 4.74 Å². The summed E-state index contributed by atoms with van der Waals surface area (Å²) in [6, 6.07) is 8.32. The van der Waals surface area contributed by atoms with Crippen LogP contribution < -0.4 is 4.74 Å². The third-order valence-electron chi connectivity index (χ3n) is 1.98. The predicted octanol–water partition coefficient (Wildman–Crippen LogP) is 2.29. The van der Waals surface area contributed by atoms with Crippen molar-refractivity contribution in [2.24, 2.45) is 7.05 Å². The molecule has 0 spiro atoms. The van der Waals surface area contributed by atoms with Crippen molar-refractivity contribution in [1.29, 1.82) is 0 Å². The molecule has 2 rings (SSSR count). The lowest BCUT2D eigenvalue weighted by atomic mass is 10.2. The first kappa shape index (κ1) is 10.7. The topological polar surface area (TPSA) is 44.1 Å². The molecule has 0 bridgehead atoms. The Labute approximate surface area is 97.4 Å². The van der Waals surface area contributed by atoms with Gasteiger partial charge in [-0.25, -0.2) is 4.79 Å². The number of hydrogen-bond acceptors (Lipinski definition) is 3. The van der Waals surface area contributed by atoms with Crippen LogP contribution in [-0.2, 0) is 7.05 Å². The summed E-state index contributed by atoms with van der Waals surface area (Å²) in [7, 11) is 1.74. The number of carbonyl (C=O) groups is 1. The number of esters is 1. The summed E-state index contributed by atoms with van der Waals surface area (Å²) in [6.45, 7) is 0. The van der Waals surface area contributed by atoms with Crippen LogP contribution in [0.5, 0.6) is 5.88 Å². The van der Waals surface area contributed by atoms with E-state index in [1.165, 1.54) is 0 Å². The van der Waals surface area contributed by atoms with Crippen molar-refractivity contribution in [2.45, 2.75) is 0 Å². The Morgan fingerprint density at radius 3 is 2.75 bits per heavy atom. The molecule has 5 heteroatoms. The standard InChI is InChI=1S/C11H9ClN2O2/c1-14-7-6-10(13-14)16-11(15)8-4-2-3-5-9(8)12/h2-7H,1H3. The third kappa shape index (κ3) is 2.23. The Morgan fingerprint density at radius 2 is 2.12 bits per heavy atom. The Kier molecular flexibility index (Phi) is 2.92. The Balaban J connectivity index is 2.18. The normalized spacial score (nSPS) is 10.1. The number of hydrogen-bond donors (Lipinski definition) is 0. The van der Waals surface area contributed by atoms with E-state index in [2.05, 4.69) is 5.10 Å². The molecule has 0 amide bonds. The van der Waals surface area contributed by atoms with Crippen LogP contribution in [0.2, 0.25) is 5.02 Å². The molecule has 2 aromatic rings. The fourth-order valence-corrected chi connectivity index (χ4v) is 1.44. The molecule has 1 aromatic heterocycles. The van der Waals surface area contributed by atoms with Gasteiger partial charge in [-0.15, -0.1) is 5.10 Å². The van der Waals surface area contributed by atoms with Gasteiger partial charge in [-0.2, -0.15) is 0 Å². The van der Waals surface area contributed by atoms with E-state index in [1.807, 2.05) is 0 Å². The molecule has 82 valence electrons. The van der Waals surface area contributed by atoms with Crippen LogP contribution in [0.15, 0.2) is 36.5 Å². The molecule has 0 N–H and O–H groups in total. The van der Waals surface area contributed by atoms with E-state index in [0.717, 1.165) is 0 Å². The lowest BCUT2D eigenvalue weighted by Crippen LogP contribution is -2.09. The zero-order valence-electron chi connectivity index (χ0n) is 8.55. The number of aryl methyl sites for hydroxylation is 1. The zero-order valence-corrected chi connectivity index (χ0v) is 9.31. The van der Waals surface area contributed by atoms with E-state index in [-0.39, 0.29) is 5.88 Å². The van der Waals surface area contributed by atoms with Gasteiger partial charge in [0.15, 0.2) is 0 Å². The fraction of sp³-hybridized carbons (Fsp3) is 0.0909. The van der Waals surface area contributed by atoms with Crippen molar-refractivity contribution in [3.63, 3.8) is 0 Å². The number of benzene rings is 1. The molecule has 16 heavy (non-hydrogen) atoms. The first-order valence-corrected chi connectivity index (χ1v) is 5.01. The lowest BCUT2D eigenvalue weighted by Gasteiger charge is -2.02. The lowest BCUT2D eigenvalue weighted by molar-refractivity contribution is 0.0727. The first-order valence-electron chi connectivity index (χ1n) is 4.63. The molecule has 0 saturated heterocycles. The first-order chi connectivity index (χ1) is 7.66. The third-order valence-corrected chi connectivity index (χ3v) is 2.31. The van der Waals surface area contributed by atoms with Crippen LogP contribution in [0, 0.1) is 0 Å². The maximum Gasteiger partial charge on any atom is 0.346 e. The van der Waals surface area contributed by atoms with E-state index in [0.29, 0.717) is 10.6 Å². The highest BCUT2D eigenvalue weighted by atomic mass is 35.5. The highest BCUT2D eigenvalue weighted by molar-refractivity contribution is 6.33. The largest absolute Gasteiger partial charge is 0.402 e. The number of aromatic nitrogens is 2. The Morgan fingerprint density at radius 1 is 1.38 bits per heavy atom. The quantitative estimate of drug-likeness (QED) is 0.752. The zero-order chi connectivity index (χ0) is 11.5. The summed E-state index contributed by atoms with van der Waals surface area (Å²) in [6.07, 6.45) is 1.69. The molecule has 0 aliphatic heterocycles. The second kappa shape index (κ2) is 4.37. The van der Waals surface area contributed by atoms with Gasteiger partial charge in [0.2, 0.25) is 5.88 Å². The minimum Gasteiger partial charge on any atom is -0.402 e. The highest BCUT2D eigenvalue weighted by Gasteiger charge is 2.12. The molecule has 0 unspecified atom stereocenters. The van der Waals surface area contributed by atoms with Gasteiger partial charge >= 0.3 is 5.97 Å². The number of carbonyl (C=O) groups excluding carboxylic acids is 1. The summed E-state index contributed by atoms with van der Waals surface area (Å²) >= 11 is 5.86. The molecule has 0 atom stereocenters. The Bertz CT molecular complexity index is 522. The maximum atomic E-state index is 11.7. The van der Waals surface area contributed by atoms with Crippen molar-refractivity contribution < 1.29 is 9.53 Å². The highest BCUT2D eigenvalue weighted by Crippen LogP contribution is 2.17. The number of halogens is 1. The van der Waals surface area contributed by atoms with Crippen molar-refractivity contribution in [3.05, 3.63) is 47.1 Å². The van der Waals surface area contributed by atoms with E-state index < -0.39 is 5.97 Å². The molecule has 0 radical (unpaired) electrons. The summed E-state index contributed by atoms with van der Waals surface area (Å²) in [5.74, 6) is -0.253. The average Bonchev–Trinajstić information content (AvgIpc) is 2.64. The molecular formula is C11H9ClN2O2. The van der Waals surface area contributed by atoms with Crippen LogP contribution in [0.3, 0.4) is 0 Å². The molecule has 1 aromatic carbocycles. The van der Waals surface area contributed by atoms with Crippen molar-refractivity contribution in [1.82, 2.24) is 9.78 Å². The van der Waals surface area contributed by atoms with Crippen LogP contribution in [0.4, 0.5) is 0 Å². The second-order valence-electron chi connectivity index (χ2n) is 3.20. The predicted molar refractivity (Wildman–Crippen MR) is 59.6 cm³/mol. The minimum absolute atomic E-state index is 0.257. The monoisotopic (exact) mass is 236 g/mol. The van der Waals surface area contributed by atoms with Crippen LogP contribution in [-0.4, -0.2) is 15.7 Å². The van der Waals surface area contributed by atoms with Gasteiger partial charge in [-0.05, 0) is 12.1 Å². The van der Waals surface area contributed by atoms with Gasteiger partial charge in [0.05, 0.1) is 10.6 Å². The smallest absolute Gasteiger partial charge is 0.346 e. The minimum atomic E-state index is -0.510. The summed E-state index contributed by atoms with van der Waals surface area (Å²) in [5.41, 5.74) is 0.329. The van der Waals surface area contributed by atoms with Crippen LogP contribution >= 0.6 is 11.6 Å². The van der Waals surface area contributed by atoms with Gasteiger partial charge in [-0.3, -0.25) is 4.68 Å². The van der Waals surface area contributed by atoms with Gasteiger partial charge in [0.25, 0.3) is 0 Å². The summed E-state index contributed by atoms with van der Waals surface area (Å²) in [4.78, 5) is 11.7. The number of ether oxygens (including phenoxy) is 1. The average molecular weight is 237 g/mol. The van der Waals surface area contributed by atoms with Gasteiger partial charge in [0.1, 0.15) is 0 Å². The van der Waals surface area contributed by atoms with Crippen molar-refractivity contribution in [2.75, 3.05) is 0 Å². The molecule has 0 fully saturated rings. The van der Waals surface area contributed by atoms with Crippen LogP contribution in [0.25, 0.3) is 0 Å². The van der Waals surface area contributed by atoms with E-state index in [1.54, 1.807) is 48.3 Å². The van der Waals surface area contributed by atoms with Crippen LogP contribution in [0.1, 0.15) is 10.4 Å².